The smallest absolute Gasteiger partial charge is 0.0825 e. The maximum atomic E-state index is 6.25. The molecular formula is C28H40O. The summed E-state index contributed by atoms with van der Waals surface area (Å²) in [7, 11) is 0. The molecule has 2 aromatic rings. The van der Waals surface area contributed by atoms with Crippen molar-refractivity contribution in [2.75, 3.05) is 6.61 Å². The SMILES string of the molecule is CCCCCCCC1CCC(c2ccc(-c3ccc(CCCC)cc3)cc2)OC1. The third kappa shape index (κ3) is 7.00. The lowest BCUT2D eigenvalue weighted by Crippen LogP contribution is -2.20. The topological polar surface area (TPSA) is 9.23 Å². The van der Waals surface area contributed by atoms with E-state index in [9.17, 15) is 0 Å². The molecule has 1 fully saturated rings. The monoisotopic (exact) mass is 392 g/mol. The Morgan fingerprint density at radius 2 is 1.38 bits per heavy atom. The second-order valence-corrected chi connectivity index (χ2v) is 8.89. The maximum Gasteiger partial charge on any atom is 0.0825 e. The zero-order chi connectivity index (χ0) is 20.3. The fourth-order valence-corrected chi connectivity index (χ4v) is 4.47. The molecule has 0 N–H and O–H groups in total. The number of benzene rings is 2. The van der Waals surface area contributed by atoms with Crippen LogP contribution in [-0.2, 0) is 11.2 Å². The van der Waals surface area contributed by atoms with E-state index in [1.807, 2.05) is 0 Å². The minimum atomic E-state index is 0.289. The van der Waals surface area contributed by atoms with Crippen LogP contribution in [0.3, 0.4) is 0 Å². The van der Waals surface area contributed by atoms with Crippen LogP contribution in [0.25, 0.3) is 11.1 Å². The van der Waals surface area contributed by atoms with Crippen molar-refractivity contribution < 1.29 is 4.74 Å². The molecule has 0 aliphatic carbocycles. The molecule has 1 heteroatoms. The average Bonchev–Trinajstić information content (AvgIpc) is 2.78. The van der Waals surface area contributed by atoms with Crippen LogP contribution in [0.2, 0.25) is 0 Å². The third-order valence-corrected chi connectivity index (χ3v) is 6.47. The van der Waals surface area contributed by atoms with E-state index in [4.69, 9.17) is 4.74 Å². The summed E-state index contributed by atoms with van der Waals surface area (Å²) >= 11 is 0. The summed E-state index contributed by atoms with van der Waals surface area (Å²) in [6.07, 6.45) is 14.8. The molecule has 2 atom stereocenters. The summed E-state index contributed by atoms with van der Waals surface area (Å²) in [5.41, 5.74) is 5.40. The zero-order valence-electron chi connectivity index (χ0n) is 18.7. The maximum absolute atomic E-state index is 6.25. The van der Waals surface area contributed by atoms with Crippen LogP contribution in [0.5, 0.6) is 0 Å². The van der Waals surface area contributed by atoms with E-state index in [0.717, 1.165) is 12.5 Å². The molecule has 2 aromatic carbocycles. The Kier molecular flexibility index (Phi) is 9.28. The Morgan fingerprint density at radius 3 is 2.00 bits per heavy atom. The normalized spacial score (nSPS) is 19.4. The standard InChI is InChI=1S/C28H40O/c1-3-5-7-8-9-11-24-14-21-28(29-22-24)27-19-17-26(18-20-27)25-15-12-23(13-16-25)10-6-4-2/h12-13,15-20,24,28H,3-11,14,21-22H2,1-2H3. The highest BCUT2D eigenvalue weighted by atomic mass is 16.5. The molecular weight excluding hydrogens is 352 g/mol. The second-order valence-electron chi connectivity index (χ2n) is 8.89. The quantitative estimate of drug-likeness (QED) is 0.348. The fraction of sp³-hybridized carbons (Fsp3) is 0.571. The average molecular weight is 393 g/mol. The molecule has 0 bridgehead atoms. The van der Waals surface area contributed by atoms with Crippen molar-refractivity contribution in [3.8, 4) is 11.1 Å². The Hall–Kier alpha value is -1.60. The van der Waals surface area contributed by atoms with Gasteiger partial charge in [0, 0.05) is 0 Å². The summed E-state index contributed by atoms with van der Waals surface area (Å²) in [6.45, 7) is 5.48. The van der Waals surface area contributed by atoms with Gasteiger partial charge in [-0.2, -0.15) is 0 Å². The number of hydrogen-bond donors (Lipinski definition) is 0. The highest BCUT2D eigenvalue weighted by Crippen LogP contribution is 2.33. The first-order chi connectivity index (χ1) is 14.3. The molecule has 0 radical (unpaired) electrons. The van der Waals surface area contributed by atoms with E-state index in [1.54, 1.807) is 0 Å². The molecule has 29 heavy (non-hydrogen) atoms. The highest BCUT2D eigenvalue weighted by molar-refractivity contribution is 5.64. The Morgan fingerprint density at radius 1 is 0.724 bits per heavy atom. The first-order valence-electron chi connectivity index (χ1n) is 12.1. The summed E-state index contributed by atoms with van der Waals surface area (Å²) in [4.78, 5) is 0. The van der Waals surface area contributed by atoms with Crippen molar-refractivity contribution in [2.24, 2.45) is 5.92 Å². The molecule has 1 heterocycles. The minimum absolute atomic E-state index is 0.289. The molecule has 1 saturated heterocycles. The lowest BCUT2D eigenvalue weighted by molar-refractivity contribution is -0.0198. The number of rotatable bonds is 11. The summed E-state index contributed by atoms with van der Waals surface area (Å²) < 4.78 is 6.25. The Balaban J connectivity index is 1.46. The number of unbranched alkanes of at least 4 members (excludes halogenated alkanes) is 5. The predicted octanol–water partition coefficient (Wildman–Crippen LogP) is 8.52. The van der Waals surface area contributed by atoms with Gasteiger partial charge in [0.2, 0.25) is 0 Å². The molecule has 0 spiro atoms. The van der Waals surface area contributed by atoms with Crippen molar-refractivity contribution >= 4 is 0 Å². The highest BCUT2D eigenvalue weighted by Gasteiger charge is 2.22. The van der Waals surface area contributed by atoms with E-state index in [1.165, 1.54) is 92.9 Å². The van der Waals surface area contributed by atoms with Gasteiger partial charge in [0.05, 0.1) is 12.7 Å². The second kappa shape index (κ2) is 12.2. The van der Waals surface area contributed by atoms with Crippen molar-refractivity contribution in [3.05, 3.63) is 59.7 Å². The van der Waals surface area contributed by atoms with Crippen molar-refractivity contribution in [2.45, 2.75) is 90.6 Å². The molecule has 1 aliphatic heterocycles. The summed E-state index contributed by atoms with van der Waals surface area (Å²) in [5.74, 6) is 0.776. The number of hydrogen-bond acceptors (Lipinski definition) is 1. The van der Waals surface area contributed by atoms with Crippen LogP contribution in [0.15, 0.2) is 48.5 Å². The first kappa shape index (κ1) is 22.1. The molecule has 158 valence electrons. The van der Waals surface area contributed by atoms with Crippen LogP contribution in [-0.4, -0.2) is 6.61 Å². The van der Waals surface area contributed by atoms with Crippen molar-refractivity contribution in [1.82, 2.24) is 0 Å². The summed E-state index contributed by atoms with van der Waals surface area (Å²) in [5, 5.41) is 0. The van der Waals surface area contributed by atoms with E-state index in [-0.39, 0.29) is 6.10 Å². The number of ether oxygens (including phenoxy) is 1. The van der Waals surface area contributed by atoms with Gasteiger partial charge in [0.15, 0.2) is 0 Å². The number of aryl methyl sites for hydroxylation is 1. The largest absolute Gasteiger partial charge is 0.373 e. The van der Waals surface area contributed by atoms with Gasteiger partial charge >= 0.3 is 0 Å². The van der Waals surface area contributed by atoms with E-state index >= 15 is 0 Å². The lowest BCUT2D eigenvalue weighted by Gasteiger charge is -2.29. The fourth-order valence-electron chi connectivity index (χ4n) is 4.47. The zero-order valence-corrected chi connectivity index (χ0v) is 18.7. The lowest BCUT2D eigenvalue weighted by atomic mass is 9.90. The molecule has 0 saturated carbocycles. The first-order valence-corrected chi connectivity index (χ1v) is 12.1. The minimum Gasteiger partial charge on any atom is -0.373 e. The van der Waals surface area contributed by atoms with Crippen LogP contribution in [0.1, 0.15) is 95.3 Å². The van der Waals surface area contributed by atoms with Crippen LogP contribution >= 0.6 is 0 Å². The van der Waals surface area contributed by atoms with Crippen LogP contribution in [0.4, 0.5) is 0 Å². The summed E-state index contributed by atoms with van der Waals surface area (Å²) in [6, 6.07) is 18.2. The van der Waals surface area contributed by atoms with Crippen molar-refractivity contribution in [3.63, 3.8) is 0 Å². The molecule has 1 aliphatic rings. The van der Waals surface area contributed by atoms with Gasteiger partial charge in [-0.15, -0.1) is 0 Å². The van der Waals surface area contributed by atoms with Gasteiger partial charge in [-0.25, -0.2) is 0 Å². The van der Waals surface area contributed by atoms with Gasteiger partial charge in [-0.1, -0.05) is 101 Å². The van der Waals surface area contributed by atoms with Gasteiger partial charge < -0.3 is 4.74 Å². The van der Waals surface area contributed by atoms with Gasteiger partial charge in [-0.3, -0.25) is 0 Å². The Bertz CT molecular complexity index is 677. The molecule has 1 nitrogen and oxygen atoms in total. The molecule has 0 aromatic heterocycles. The molecule has 3 rings (SSSR count). The van der Waals surface area contributed by atoms with Gasteiger partial charge in [-0.05, 0) is 60.3 Å². The van der Waals surface area contributed by atoms with Crippen LogP contribution in [0, 0.1) is 5.92 Å². The van der Waals surface area contributed by atoms with E-state index < -0.39 is 0 Å². The third-order valence-electron chi connectivity index (χ3n) is 6.47. The molecule has 0 amide bonds. The van der Waals surface area contributed by atoms with Crippen molar-refractivity contribution in [1.29, 1.82) is 0 Å². The van der Waals surface area contributed by atoms with E-state index in [0.29, 0.717) is 0 Å². The van der Waals surface area contributed by atoms with Gasteiger partial charge in [0.25, 0.3) is 0 Å². The molecule has 2 unspecified atom stereocenters. The predicted molar refractivity (Wildman–Crippen MR) is 125 cm³/mol. The van der Waals surface area contributed by atoms with Crippen LogP contribution < -0.4 is 0 Å². The Labute approximate surface area is 178 Å². The van der Waals surface area contributed by atoms with Gasteiger partial charge in [0.1, 0.15) is 0 Å². The van der Waals surface area contributed by atoms with E-state index in [2.05, 4.69) is 62.4 Å².